The van der Waals surface area contributed by atoms with Crippen LogP contribution in [0, 0.1) is 27.9 Å². The number of hydrogen-bond acceptors (Lipinski definition) is 6. The van der Waals surface area contributed by atoms with Crippen LogP contribution >= 0.6 is 23.2 Å². The third-order valence-corrected chi connectivity index (χ3v) is 7.18. The summed E-state index contributed by atoms with van der Waals surface area (Å²) in [7, 11) is 0. The van der Waals surface area contributed by atoms with Gasteiger partial charge in [-0.25, -0.2) is 5.01 Å². The van der Waals surface area contributed by atoms with Gasteiger partial charge in [-0.1, -0.05) is 30.7 Å². The molecule has 4 rings (SSSR count). The van der Waals surface area contributed by atoms with Crippen molar-refractivity contribution in [2.75, 3.05) is 5.88 Å². The molecular formula is C26H23Cl2N3O6. The highest BCUT2D eigenvalue weighted by Gasteiger charge is 2.54. The molecule has 1 saturated heterocycles. The van der Waals surface area contributed by atoms with Crippen molar-refractivity contribution < 1.29 is 24.1 Å². The average Bonchev–Trinajstić information content (AvgIpc) is 3.14. The number of nitrogens with zero attached hydrogens (tertiary/aromatic N) is 3. The molecule has 192 valence electrons. The summed E-state index contributed by atoms with van der Waals surface area (Å²) < 4.78 is 0. The molecule has 1 aliphatic heterocycles. The van der Waals surface area contributed by atoms with E-state index in [0.29, 0.717) is 11.4 Å². The van der Waals surface area contributed by atoms with Gasteiger partial charge in [-0.2, -0.15) is 5.01 Å². The van der Waals surface area contributed by atoms with Crippen molar-refractivity contribution in [2.45, 2.75) is 25.8 Å². The molecular weight excluding hydrogens is 521 g/mol. The summed E-state index contributed by atoms with van der Waals surface area (Å²) in [5, 5.41) is 13.2. The molecule has 11 heteroatoms. The normalized spacial score (nSPS) is 21.5. The molecule has 0 radical (unpaired) electrons. The third-order valence-electron chi connectivity index (χ3n) is 6.71. The highest BCUT2D eigenvalue weighted by molar-refractivity contribution is 6.30. The lowest BCUT2D eigenvalue weighted by molar-refractivity contribution is -0.384. The van der Waals surface area contributed by atoms with E-state index in [2.05, 4.69) is 0 Å². The maximum atomic E-state index is 13.9. The number of halogens is 2. The van der Waals surface area contributed by atoms with Gasteiger partial charge in [0.05, 0.1) is 16.8 Å². The van der Waals surface area contributed by atoms with Crippen LogP contribution in [0.5, 0.6) is 0 Å². The number of allylic oxidation sites excluding steroid dienone is 2. The van der Waals surface area contributed by atoms with E-state index in [1.54, 1.807) is 0 Å². The molecule has 0 N–H and O–H groups in total. The van der Waals surface area contributed by atoms with Crippen LogP contribution in [0.25, 0.3) is 0 Å². The number of ketones is 1. The molecule has 0 saturated carbocycles. The zero-order chi connectivity index (χ0) is 26.9. The Morgan fingerprint density at radius 1 is 1.08 bits per heavy atom. The maximum Gasteiger partial charge on any atom is 0.273 e. The topological polar surface area (TPSA) is 118 Å². The molecule has 1 fully saturated rings. The van der Waals surface area contributed by atoms with Gasteiger partial charge in [0.2, 0.25) is 0 Å². The largest absolute Gasteiger partial charge is 0.292 e. The Bertz CT molecular complexity index is 1280. The van der Waals surface area contributed by atoms with E-state index < -0.39 is 46.3 Å². The molecule has 0 spiro atoms. The Hall–Kier alpha value is -3.56. The number of rotatable bonds is 8. The van der Waals surface area contributed by atoms with Crippen molar-refractivity contribution in [2.24, 2.45) is 17.8 Å². The zero-order valence-corrected chi connectivity index (χ0v) is 21.3. The summed E-state index contributed by atoms with van der Waals surface area (Å²) in [6, 6.07) is 9.44. The summed E-state index contributed by atoms with van der Waals surface area (Å²) in [5.41, 5.74) is -0.0554. The van der Waals surface area contributed by atoms with E-state index in [9.17, 15) is 29.3 Å². The minimum absolute atomic E-state index is 0.0317. The Kier molecular flexibility index (Phi) is 7.75. The second kappa shape index (κ2) is 10.8. The monoisotopic (exact) mass is 543 g/mol. The van der Waals surface area contributed by atoms with E-state index >= 15 is 0 Å². The van der Waals surface area contributed by atoms with Gasteiger partial charge in [0.15, 0.2) is 5.78 Å². The van der Waals surface area contributed by atoms with Gasteiger partial charge in [0.25, 0.3) is 23.4 Å². The van der Waals surface area contributed by atoms with Crippen molar-refractivity contribution in [1.29, 1.82) is 0 Å². The second-order valence-electron chi connectivity index (χ2n) is 8.96. The smallest absolute Gasteiger partial charge is 0.273 e. The summed E-state index contributed by atoms with van der Waals surface area (Å²) >= 11 is 12.0. The number of alkyl halides is 1. The number of hydrogen-bond donors (Lipinski definition) is 0. The van der Waals surface area contributed by atoms with Crippen LogP contribution in [0.2, 0.25) is 5.02 Å². The molecule has 0 unspecified atom stereocenters. The first-order valence-corrected chi connectivity index (χ1v) is 12.5. The van der Waals surface area contributed by atoms with E-state index in [1.165, 1.54) is 36.4 Å². The Balaban J connectivity index is 1.81. The van der Waals surface area contributed by atoms with E-state index in [4.69, 9.17) is 23.2 Å². The number of non-ortho nitro benzene ring substituents is 1. The molecule has 4 atom stereocenters. The summed E-state index contributed by atoms with van der Waals surface area (Å²) in [4.78, 5) is 65.2. The minimum atomic E-state index is -1.29. The number of imide groups is 1. The predicted octanol–water partition coefficient (Wildman–Crippen LogP) is 4.68. The quantitative estimate of drug-likeness (QED) is 0.119. The van der Waals surface area contributed by atoms with Gasteiger partial charge in [-0.15, -0.1) is 11.6 Å². The summed E-state index contributed by atoms with van der Waals surface area (Å²) in [6.45, 7) is 1.82. The van der Waals surface area contributed by atoms with Crippen LogP contribution < -0.4 is 0 Å². The van der Waals surface area contributed by atoms with Gasteiger partial charge < -0.3 is 0 Å². The fourth-order valence-electron chi connectivity index (χ4n) is 4.85. The van der Waals surface area contributed by atoms with Gasteiger partial charge in [0, 0.05) is 34.2 Å². The first-order chi connectivity index (χ1) is 17.6. The molecule has 9 nitrogen and oxygen atoms in total. The van der Waals surface area contributed by atoms with E-state index in [-0.39, 0.29) is 35.0 Å². The van der Waals surface area contributed by atoms with Gasteiger partial charge in [0.1, 0.15) is 6.04 Å². The molecule has 2 aliphatic rings. The number of nitro benzene ring substituents is 1. The highest BCUT2D eigenvalue weighted by Crippen LogP contribution is 2.40. The van der Waals surface area contributed by atoms with Crippen LogP contribution in [0.3, 0.4) is 0 Å². The lowest BCUT2D eigenvalue weighted by Crippen LogP contribution is -2.57. The van der Waals surface area contributed by atoms with Crippen molar-refractivity contribution >= 4 is 52.4 Å². The van der Waals surface area contributed by atoms with Crippen LogP contribution in [0.15, 0.2) is 60.7 Å². The standard InChI is InChI=1S/C26H23Cl2N3O6/c1-15-3-2-4-20-22(15)26(35)30(25(20)34)29(24(33)17-7-11-19(12-8-17)31(36)37)21(13-14-27)23(32)16-5-9-18(28)10-6-16/h2-3,5-12,15,20-22H,4,13-14H2,1H3/t15-,20+,21+,22+/m1/s1. The van der Waals surface area contributed by atoms with Crippen LogP contribution in [-0.2, 0) is 9.59 Å². The van der Waals surface area contributed by atoms with Gasteiger partial charge >= 0.3 is 0 Å². The molecule has 3 amide bonds. The summed E-state index contributed by atoms with van der Waals surface area (Å²) in [5.74, 6) is -4.14. The fourth-order valence-corrected chi connectivity index (χ4v) is 5.18. The number of hydrazine groups is 1. The number of Topliss-reactive ketones (excluding diaryl/α,β-unsaturated/α-hetero) is 1. The number of amides is 3. The van der Waals surface area contributed by atoms with Crippen LogP contribution in [0.1, 0.15) is 40.5 Å². The van der Waals surface area contributed by atoms with Gasteiger partial charge in [-0.3, -0.25) is 29.3 Å². The van der Waals surface area contributed by atoms with Crippen molar-refractivity contribution in [3.8, 4) is 0 Å². The predicted molar refractivity (Wildman–Crippen MR) is 136 cm³/mol. The number of nitro groups is 1. The first-order valence-electron chi connectivity index (χ1n) is 11.6. The molecule has 37 heavy (non-hydrogen) atoms. The molecule has 2 aromatic carbocycles. The number of carbonyl (C=O) groups is 4. The molecule has 1 aliphatic carbocycles. The Morgan fingerprint density at radius 2 is 1.70 bits per heavy atom. The fraction of sp³-hybridized carbons (Fsp3) is 0.308. The maximum absolute atomic E-state index is 13.9. The highest BCUT2D eigenvalue weighted by atomic mass is 35.5. The minimum Gasteiger partial charge on any atom is -0.292 e. The van der Waals surface area contributed by atoms with E-state index in [1.807, 2.05) is 19.1 Å². The molecule has 0 bridgehead atoms. The number of benzene rings is 2. The second-order valence-corrected chi connectivity index (χ2v) is 9.78. The molecule has 0 aromatic heterocycles. The SMILES string of the molecule is C[C@@H]1C=CC[C@@H]2C(=O)N(N(C(=O)c3ccc([N+](=O)[O-])cc3)[C@@H](CCCl)C(=O)c3ccc(Cl)cc3)C(=O)[C@@H]12. The zero-order valence-electron chi connectivity index (χ0n) is 19.8. The number of carbonyl (C=O) groups excluding carboxylic acids is 4. The summed E-state index contributed by atoms with van der Waals surface area (Å²) in [6.07, 6.45) is 3.97. The molecule has 2 aromatic rings. The van der Waals surface area contributed by atoms with Crippen molar-refractivity contribution in [3.05, 3.63) is 86.9 Å². The van der Waals surface area contributed by atoms with E-state index in [0.717, 1.165) is 22.2 Å². The number of fused-ring (bicyclic) bond motifs is 1. The lowest BCUT2D eigenvalue weighted by Gasteiger charge is -2.36. The van der Waals surface area contributed by atoms with Crippen LogP contribution in [-0.4, -0.2) is 50.4 Å². The Morgan fingerprint density at radius 3 is 2.27 bits per heavy atom. The lowest BCUT2D eigenvalue weighted by atomic mass is 9.78. The van der Waals surface area contributed by atoms with Crippen molar-refractivity contribution in [3.63, 3.8) is 0 Å². The van der Waals surface area contributed by atoms with Gasteiger partial charge in [-0.05, 0) is 55.2 Å². The molecule has 1 heterocycles. The van der Waals surface area contributed by atoms with Crippen LogP contribution in [0.4, 0.5) is 5.69 Å². The first kappa shape index (κ1) is 26.5. The Labute approximate surface area is 222 Å². The average molecular weight is 544 g/mol. The third kappa shape index (κ3) is 5.01. The van der Waals surface area contributed by atoms with Crippen molar-refractivity contribution in [1.82, 2.24) is 10.0 Å².